The maximum Gasteiger partial charge on any atom is 0.251 e. The number of carbonyl (C=O) groups is 2. The summed E-state index contributed by atoms with van der Waals surface area (Å²) in [6.07, 6.45) is 0. The van der Waals surface area contributed by atoms with E-state index in [-0.39, 0.29) is 22.9 Å². The van der Waals surface area contributed by atoms with Crippen LogP contribution in [-0.4, -0.2) is 22.9 Å². The highest BCUT2D eigenvalue weighted by molar-refractivity contribution is 6.20. The molecule has 0 aromatic heterocycles. The molecule has 1 rings (SSSR count). The van der Waals surface area contributed by atoms with Gasteiger partial charge in [-0.25, -0.2) is 0 Å². The monoisotopic (exact) mass is 328 g/mol. The number of hydrogen-bond donors (Lipinski definition) is 2. The van der Waals surface area contributed by atoms with Crippen molar-refractivity contribution in [3.05, 3.63) is 48.6 Å². The number of hydrogen-bond acceptors (Lipinski definition) is 2. The van der Waals surface area contributed by atoms with Crippen LogP contribution >= 0.6 is 0 Å². The summed E-state index contributed by atoms with van der Waals surface area (Å²) in [6, 6.07) is 7.09. The van der Waals surface area contributed by atoms with Gasteiger partial charge in [-0.05, 0) is 52.7 Å². The van der Waals surface area contributed by atoms with Gasteiger partial charge in [-0.3, -0.25) is 9.59 Å². The molecule has 0 spiro atoms. The quantitative estimate of drug-likeness (QED) is 0.831. The van der Waals surface area contributed by atoms with E-state index in [0.29, 0.717) is 22.3 Å². The van der Waals surface area contributed by atoms with Crippen LogP contribution in [-0.2, 0) is 9.59 Å². The molecule has 0 aliphatic rings. The molecule has 0 aliphatic heterocycles. The van der Waals surface area contributed by atoms with Crippen LogP contribution in [0.25, 0.3) is 11.1 Å². The Morgan fingerprint density at radius 2 is 0.958 bits per heavy atom. The molecule has 0 heterocycles. The van der Waals surface area contributed by atoms with Crippen LogP contribution in [0, 0.1) is 0 Å². The van der Waals surface area contributed by atoms with Crippen molar-refractivity contribution in [1.29, 1.82) is 0 Å². The molecule has 1 aromatic carbocycles. The Labute approximate surface area is 145 Å². The van der Waals surface area contributed by atoms with E-state index in [1.165, 1.54) is 0 Å². The molecule has 2 amide bonds. The van der Waals surface area contributed by atoms with Crippen LogP contribution < -0.4 is 10.6 Å². The lowest BCUT2D eigenvalue weighted by atomic mass is 9.99. The first-order chi connectivity index (χ1) is 10.8. The third kappa shape index (κ3) is 6.03. The van der Waals surface area contributed by atoms with Gasteiger partial charge in [-0.1, -0.05) is 37.4 Å². The summed E-state index contributed by atoms with van der Waals surface area (Å²) < 4.78 is 0. The molecule has 0 atom stereocenters. The summed E-state index contributed by atoms with van der Waals surface area (Å²) >= 11 is 0. The van der Waals surface area contributed by atoms with Gasteiger partial charge < -0.3 is 10.6 Å². The van der Waals surface area contributed by atoms with E-state index in [2.05, 4.69) is 23.8 Å². The zero-order chi connectivity index (χ0) is 18.7. The molecule has 0 saturated carbocycles. The Hall–Kier alpha value is -2.36. The highest BCUT2D eigenvalue weighted by Gasteiger charge is 2.19. The normalized spacial score (nSPS) is 11.6. The van der Waals surface area contributed by atoms with Gasteiger partial charge in [0.25, 0.3) is 11.8 Å². The minimum absolute atomic E-state index is 0.209. The minimum atomic E-state index is -0.320. The van der Waals surface area contributed by atoms with Crippen molar-refractivity contribution < 1.29 is 9.59 Å². The fourth-order valence-corrected chi connectivity index (χ4v) is 1.97. The largest absolute Gasteiger partial charge is 0.347 e. The second kappa shape index (κ2) is 7.04. The SMILES string of the molecule is C=C(C(=O)NC(C)(C)C)c1ccc(C(=C)C(=O)NC(C)(C)C)cc1. The molecule has 0 saturated heterocycles. The van der Waals surface area contributed by atoms with Crippen LogP contribution in [0.15, 0.2) is 37.4 Å². The van der Waals surface area contributed by atoms with Crippen molar-refractivity contribution in [2.45, 2.75) is 52.6 Å². The molecule has 4 heteroatoms. The van der Waals surface area contributed by atoms with E-state index in [0.717, 1.165) is 0 Å². The highest BCUT2D eigenvalue weighted by atomic mass is 16.2. The molecule has 4 nitrogen and oxygen atoms in total. The third-order valence-corrected chi connectivity index (χ3v) is 3.11. The fourth-order valence-electron chi connectivity index (χ4n) is 1.97. The van der Waals surface area contributed by atoms with E-state index in [9.17, 15) is 9.59 Å². The number of benzene rings is 1. The van der Waals surface area contributed by atoms with Crippen LogP contribution in [0.5, 0.6) is 0 Å². The minimum Gasteiger partial charge on any atom is -0.347 e. The molecule has 130 valence electrons. The van der Waals surface area contributed by atoms with Gasteiger partial charge in [-0.2, -0.15) is 0 Å². The summed E-state index contributed by atoms with van der Waals surface area (Å²) in [5, 5.41) is 5.76. The second-order valence-corrected chi connectivity index (χ2v) is 7.94. The zero-order valence-electron chi connectivity index (χ0n) is 15.5. The lowest BCUT2D eigenvalue weighted by molar-refractivity contribution is -0.117. The molecule has 0 radical (unpaired) electrons. The Kier molecular flexibility index (Phi) is 5.77. The number of nitrogens with one attached hydrogen (secondary N) is 2. The number of rotatable bonds is 4. The van der Waals surface area contributed by atoms with Crippen LogP contribution in [0.3, 0.4) is 0 Å². The van der Waals surface area contributed by atoms with Gasteiger partial charge >= 0.3 is 0 Å². The predicted molar refractivity (Wildman–Crippen MR) is 100 cm³/mol. The molecular formula is C20H28N2O2. The molecule has 1 aromatic rings. The standard InChI is InChI=1S/C20H28N2O2/c1-13(17(23)21-19(3,4)5)15-9-11-16(12-10-15)14(2)18(24)22-20(6,7)8/h9-12H,1-2H2,3-8H3,(H,21,23)(H,22,24). The summed E-state index contributed by atoms with van der Waals surface area (Å²) in [4.78, 5) is 24.3. The first kappa shape index (κ1) is 19.7. The van der Waals surface area contributed by atoms with Crippen LogP contribution in [0.2, 0.25) is 0 Å². The highest BCUT2D eigenvalue weighted by Crippen LogP contribution is 2.19. The van der Waals surface area contributed by atoms with E-state index in [1.807, 2.05) is 41.5 Å². The third-order valence-electron chi connectivity index (χ3n) is 3.11. The van der Waals surface area contributed by atoms with E-state index < -0.39 is 0 Å². The molecule has 0 fully saturated rings. The fraction of sp³-hybridized carbons (Fsp3) is 0.400. The summed E-state index contributed by atoms with van der Waals surface area (Å²) in [5.74, 6) is -0.417. The lowest BCUT2D eigenvalue weighted by Gasteiger charge is -2.22. The van der Waals surface area contributed by atoms with Gasteiger partial charge in [-0.15, -0.1) is 0 Å². The Morgan fingerprint density at radius 1 is 0.708 bits per heavy atom. The van der Waals surface area contributed by atoms with Crippen molar-refractivity contribution in [3.8, 4) is 0 Å². The Morgan fingerprint density at radius 3 is 1.17 bits per heavy atom. The molecule has 0 bridgehead atoms. The van der Waals surface area contributed by atoms with Crippen LogP contribution in [0.4, 0.5) is 0 Å². The summed E-state index contributed by atoms with van der Waals surface area (Å²) in [6.45, 7) is 19.2. The summed E-state index contributed by atoms with van der Waals surface area (Å²) in [7, 11) is 0. The first-order valence-corrected chi connectivity index (χ1v) is 7.94. The number of carbonyl (C=O) groups excluding carboxylic acids is 2. The van der Waals surface area contributed by atoms with Crippen molar-refractivity contribution in [3.63, 3.8) is 0 Å². The van der Waals surface area contributed by atoms with E-state index in [4.69, 9.17) is 0 Å². The first-order valence-electron chi connectivity index (χ1n) is 7.94. The Bertz CT molecular complexity index is 597. The average Bonchev–Trinajstić information content (AvgIpc) is 2.42. The van der Waals surface area contributed by atoms with Crippen molar-refractivity contribution >= 4 is 23.0 Å². The topological polar surface area (TPSA) is 58.2 Å². The predicted octanol–water partition coefficient (Wildman–Crippen LogP) is 3.54. The molecule has 24 heavy (non-hydrogen) atoms. The molecule has 0 unspecified atom stereocenters. The van der Waals surface area contributed by atoms with Crippen molar-refractivity contribution in [2.24, 2.45) is 0 Å². The van der Waals surface area contributed by atoms with Gasteiger partial charge in [0.1, 0.15) is 0 Å². The van der Waals surface area contributed by atoms with Crippen LogP contribution in [0.1, 0.15) is 52.7 Å². The van der Waals surface area contributed by atoms with Gasteiger partial charge in [0.15, 0.2) is 0 Å². The van der Waals surface area contributed by atoms with Crippen molar-refractivity contribution in [1.82, 2.24) is 10.6 Å². The van der Waals surface area contributed by atoms with E-state index in [1.54, 1.807) is 24.3 Å². The van der Waals surface area contributed by atoms with Gasteiger partial charge in [0.2, 0.25) is 0 Å². The van der Waals surface area contributed by atoms with Gasteiger partial charge in [0, 0.05) is 22.2 Å². The molecule has 0 aliphatic carbocycles. The smallest absolute Gasteiger partial charge is 0.251 e. The Balaban J connectivity index is 2.86. The maximum absolute atomic E-state index is 12.2. The molecule has 2 N–H and O–H groups in total. The molecular weight excluding hydrogens is 300 g/mol. The second-order valence-electron chi connectivity index (χ2n) is 7.94. The average molecular weight is 328 g/mol. The lowest BCUT2D eigenvalue weighted by Crippen LogP contribution is -2.41. The summed E-state index contributed by atoms with van der Waals surface area (Å²) in [5.41, 5.74) is 1.56. The van der Waals surface area contributed by atoms with Gasteiger partial charge in [0.05, 0.1) is 0 Å². The number of amides is 2. The zero-order valence-corrected chi connectivity index (χ0v) is 15.5. The van der Waals surface area contributed by atoms with E-state index >= 15 is 0 Å². The van der Waals surface area contributed by atoms with Crippen molar-refractivity contribution in [2.75, 3.05) is 0 Å². The maximum atomic E-state index is 12.2.